The highest BCUT2D eigenvalue weighted by atomic mass is 19.1. The van der Waals surface area contributed by atoms with Crippen molar-refractivity contribution in [2.45, 2.75) is 18.6 Å². The Kier molecular flexibility index (Phi) is 3.75. The molecule has 0 saturated carbocycles. The Labute approximate surface area is 109 Å². The molecule has 1 saturated heterocycles. The van der Waals surface area contributed by atoms with E-state index in [2.05, 4.69) is 0 Å². The number of nitro benzene ring substituents is 1. The van der Waals surface area contributed by atoms with Gasteiger partial charge in [-0.3, -0.25) is 14.9 Å². The molecule has 2 atom stereocenters. The average molecular weight is 267 g/mol. The Bertz CT molecular complexity index is 499. The number of amides is 1. The highest BCUT2D eigenvalue weighted by Gasteiger charge is 2.31. The molecule has 102 valence electrons. The second-order valence-corrected chi connectivity index (χ2v) is 4.58. The van der Waals surface area contributed by atoms with Crippen molar-refractivity contribution < 1.29 is 14.1 Å². The molecule has 1 aliphatic rings. The molecular formula is C12H14FN3O3. The lowest BCUT2D eigenvalue weighted by Gasteiger charge is -2.32. The van der Waals surface area contributed by atoms with Crippen molar-refractivity contribution in [3.8, 4) is 0 Å². The summed E-state index contributed by atoms with van der Waals surface area (Å²) in [6, 6.07) is 5.21. The first-order chi connectivity index (χ1) is 8.99. The predicted molar refractivity (Wildman–Crippen MR) is 66.5 cm³/mol. The van der Waals surface area contributed by atoms with Gasteiger partial charge in [-0.2, -0.15) is 0 Å². The number of piperidine rings is 1. The fraction of sp³-hybridized carbons (Fsp3) is 0.417. The minimum atomic E-state index is -1.18. The van der Waals surface area contributed by atoms with Crippen molar-refractivity contribution in [2.75, 3.05) is 13.1 Å². The van der Waals surface area contributed by atoms with Crippen molar-refractivity contribution in [1.29, 1.82) is 0 Å². The van der Waals surface area contributed by atoms with Gasteiger partial charge in [0.15, 0.2) is 0 Å². The second-order valence-electron chi connectivity index (χ2n) is 4.58. The summed E-state index contributed by atoms with van der Waals surface area (Å²) in [5, 5.41) is 10.9. The Balaban J connectivity index is 2.27. The van der Waals surface area contributed by atoms with E-state index in [-0.39, 0.29) is 30.8 Å². The number of rotatable bonds is 2. The molecule has 0 aromatic heterocycles. The van der Waals surface area contributed by atoms with E-state index in [4.69, 9.17) is 5.73 Å². The third kappa shape index (κ3) is 2.87. The van der Waals surface area contributed by atoms with Crippen LogP contribution in [0.2, 0.25) is 0 Å². The first-order valence-electron chi connectivity index (χ1n) is 5.91. The van der Waals surface area contributed by atoms with Gasteiger partial charge in [0, 0.05) is 18.7 Å². The third-order valence-electron chi connectivity index (χ3n) is 3.05. The maximum absolute atomic E-state index is 13.4. The molecule has 0 unspecified atom stereocenters. The van der Waals surface area contributed by atoms with Gasteiger partial charge in [-0.15, -0.1) is 0 Å². The number of hydrogen-bond donors (Lipinski definition) is 1. The third-order valence-corrected chi connectivity index (χ3v) is 3.05. The van der Waals surface area contributed by atoms with Crippen LogP contribution in [0, 0.1) is 10.1 Å². The molecule has 1 aliphatic heterocycles. The van der Waals surface area contributed by atoms with Crippen LogP contribution in [0.3, 0.4) is 0 Å². The first-order valence-corrected chi connectivity index (χ1v) is 5.91. The smallest absolute Gasteiger partial charge is 0.282 e. The zero-order chi connectivity index (χ0) is 14.0. The van der Waals surface area contributed by atoms with Crippen LogP contribution in [0.4, 0.5) is 10.1 Å². The number of nitrogens with two attached hydrogens (primary N) is 1. The topological polar surface area (TPSA) is 89.5 Å². The largest absolute Gasteiger partial charge is 0.334 e. The lowest BCUT2D eigenvalue weighted by Crippen LogP contribution is -2.50. The number of carbonyl (C=O) groups is 1. The highest BCUT2D eigenvalue weighted by Crippen LogP contribution is 2.22. The molecule has 0 spiro atoms. The van der Waals surface area contributed by atoms with E-state index in [1.54, 1.807) is 0 Å². The van der Waals surface area contributed by atoms with Gasteiger partial charge < -0.3 is 10.6 Å². The monoisotopic (exact) mass is 267 g/mol. The van der Waals surface area contributed by atoms with Gasteiger partial charge in [0.2, 0.25) is 0 Å². The van der Waals surface area contributed by atoms with Gasteiger partial charge in [-0.05, 0) is 12.5 Å². The summed E-state index contributed by atoms with van der Waals surface area (Å²) in [5.74, 6) is -0.551. The van der Waals surface area contributed by atoms with E-state index in [9.17, 15) is 19.3 Å². The molecule has 0 radical (unpaired) electrons. The van der Waals surface area contributed by atoms with Crippen LogP contribution in [0.25, 0.3) is 0 Å². The number of alkyl halides is 1. The van der Waals surface area contributed by atoms with E-state index < -0.39 is 23.0 Å². The highest BCUT2D eigenvalue weighted by molar-refractivity contribution is 5.98. The van der Waals surface area contributed by atoms with Crippen LogP contribution in [0.5, 0.6) is 0 Å². The Morgan fingerprint density at radius 2 is 2.11 bits per heavy atom. The molecule has 1 aromatic carbocycles. The number of nitrogens with zero attached hydrogens (tertiary/aromatic N) is 2. The molecule has 1 heterocycles. The van der Waals surface area contributed by atoms with Crippen LogP contribution >= 0.6 is 0 Å². The van der Waals surface area contributed by atoms with Crippen LogP contribution in [-0.2, 0) is 0 Å². The van der Waals surface area contributed by atoms with Crippen LogP contribution in [-0.4, -0.2) is 41.0 Å². The molecule has 0 bridgehead atoms. The number of halogens is 1. The standard InChI is InChI=1S/C12H14FN3O3/c13-8-5-9(14)7-15(6-8)12(17)10-3-1-2-4-11(10)16(18)19/h1-4,8-9H,5-7,14H2/t8-,9-/m0/s1. The van der Waals surface area contributed by atoms with Crippen molar-refractivity contribution in [1.82, 2.24) is 4.90 Å². The van der Waals surface area contributed by atoms with E-state index in [1.807, 2.05) is 0 Å². The number of carbonyl (C=O) groups excluding carboxylic acids is 1. The van der Waals surface area contributed by atoms with Crippen molar-refractivity contribution >= 4 is 11.6 Å². The van der Waals surface area contributed by atoms with Crippen LogP contribution in [0.1, 0.15) is 16.8 Å². The molecule has 2 rings (SSSR count). The maximum atomic E-state index is 13.4. The van der Waals surface area contributed by atoms with E-state index in [1.165, 1.54) is 29.2 Å². The van der Waals surface area contributed by atoms with Gasteiger partial charge in [-0.25, -0.2) is 4.39 Å². The fourth-order valence-corrected chi connectivity index (χ4v) is 2.22. The number of nitro groups is 1. The molecular weight excluding hydrogens is 253 g/mol. The van der Waals surface area contributed by atoms with Gasteiger partial charge >= 0.3 is 0 Å². The SMILES string of the molecule is N[C@H]1C[C@H](F)CN(C(=O)c2ccccc2[N+](=O)[O-])C1. The molecule has 6 nitrogen and oxygen atoms in total. The van der Waals surface area contributed by atoms with Crippen molar-refractivity contribution in [3.05, 3.63) is 39.9 Å². The quantitative estimate of drug-likeness (QED) is 0.642. The molecule has 7 heteroatoms. The fourth-order valence-electron chi connectivity index (χ4n) is 2.22. The summed E-state index contributed by atoms with van der Waals surface area (Å²) in [4.78, 5) is 23.7. The minimum absolute atomic E-state index is 0.0335. The number of likely N-dealkylation sites (tertiary alicyclic amines) is 1. The zero-order valence-electron chi connectivity index (χ0n) is 10.2. The van der Waals surface area contributed by atoms with Crippen LogP contribution in [0.15, 0.2) is 24.3 Å². The predicted octanol–water partition coefficient (Wildman–Crippen LogP) is 1.11. The van der Waals surface area contributed by atoms with Gasteiger partial charge in [0.1, 0.15) is 11.7 Å². The maximum Gasteiger partial charge on any atom is 0.282 e. The van der Waals surface area contributed by atoms with Gasteiger partial charge in [0.25, 0.3) is 11.6 Å². The molecule has 1 fully saturated rings. The minimum Gasteiger partial charge on any atom is -0.334 e. The molecule has 1 aromatic rings. The summed E-state index contributed by atoms with van der Waals surface area (Å²) in [7, 11) is 0. The summed E-state index contributed by atoms with van der Waals surface area (Å²) in [6.07, 6.45) is -0.976. The van der Waals surface area contributed by atoms with E-state index in [0.29, 0.717) is 0 Å². The number of benzene rings is 1. The van der Waals surface area contributed by atoms with E-state index in [0.717, 1.165) is 0 Å². The number of hydrogen-bond acceptors (Lipinski definition) is 4. The lowest BCUT2D eigenvalue weighted by molar-refractivity contribution is -0.385. The molecule has 19 heavy (non-hydrogen) atoms. The average Bonchev–Trinajstić information content (AvgIpc) is 2.36. The molecule has 0 aliphatic carbocycles. The summed E-state index contributed by atoms with van der Waals surface area (Å²) in [5.41, 5.74) is 5.35. The number of para-hydroxylation sites is 1. The summed E-state index contributed by atoms with van der Waals surface area (Å²) in [6.45, 7) is 0.143. The first kappa shape index (κ1) is 13.4. The van der Waals surface area contributed by atoms with Crippen molar-refractivity contribution in [2.24, 2.45) is 5.73 Å². The summed E-state index contributed by atoms with van der Waals surface area (Å²) >= 11 is 0. The van der Waals surface area contributed by atoms with Crippen LogP contribution < -0.4 is 5.73 Å². The Morgan fingerprint density at radius 3 is 2.74 bits per heavy atom. The lowest BCUT2D eigenvalue weighted by atomic mass is 10.0. The normalized spacial score (nSPS) is 23.2. The zero-order valence-corrected chi connectivity index (χ0v) is 10.2. The Morgan fingerprint density at radius 1 is 1.42 bits per heavy atom. The Hall–Kier alpha value is -2.02. The second kappa shape index (κ2) is 5.31. The van der Waals surface area contributed by atoms with E-state index >= 15 is 0 Å². The molecule has 1 amide bonds. The molecule has 2 N–H and O–H groups in total. The van der Waals surface area contributed by atoms with Crippen molar-refractivity contribution in [3.63, 3.8) is 0 Å². The van der Waals surface area contributed by atoms with Gasteiger partial charge in [0.05, 0.1) is 11.5 Å². The summed E-state index contributed by atoms with van der Waals surface area (Å²) < 4.78 is 13.4. The van der Waals surface area contributed by atoms with Gasteiger partial charge in [-0.1, -0.05) is 12.1 Å².